The van der Waals surface area contributed by atoms with Crippen LogP contribution in [0.2, 0.25) is 0 Å². The molecular formula is C18H22O. The van der Waals surface area contributed by atoms with Crippen molar-refractivity contribution >= 4 is 0 Å². The van der Waals surface area contributed by atoms with Crippen LogP contribution in [-0.2, 0) is 12.8 Å². The Bertz CT molecular complexity index is 537. The number of aliphatic hydroxyl groups excluding tert-OH is 1. The molecule has 2 aromatic rings. The van der Waals surface area contributed by atoms with Gasteiger partial charge in [-0.15, -0.1) is 0 Å². The lowest BCUT2D eigenvalue weighted by atomic mass is 9.94. The minimum absolute atomic E-state index is 0.318. The minimum atomic E-state index is -0.318. The first-order valence-corrected chi connectivity index (χ1v) is 6.85. The Morgan fingerprint density at radius 3 is 2.16 bits per heavy atom. The Morgan fingerprint density at radius 2 is 1.53 bits per heavy atom. The lowest BCUT2D eigenvalue weighted by Gasteiger charge is -2.15. The molecule has 0 fully saturated rings. The van der Waals surface area contributed by atoms with Crippen LogP contribution in [0.3, 0.4) is 0 Å². The van der Waals surface area contributed by atoms with Crippen molar-refractivity contribution in [3.05, 3.63) is 70.3 Å². The first-order chi connectivity index (χ1) is 9.06. The number of hydrogen-bond donors (Lipinski definition) is 1. The molecule has 19 heavy (non-hydrogen) atoms. The zero-order chi connectivity index (χ0) is 13.8. The van der Waals surface area contributed by atoms with Crippen molar-refractivity contribution in [2.24, 2.45) is 0 Å². The Morgan fingerprint density at radius 1 is 0.895 bits per heavy atom. The maximum atomic E-state index is 10.3. The van der Waals surface area contributed by atoms with E-state index in [1.165, 1.54) is 27.8 Å². The van der Waals surface area contributed by atoms with E-state index in [-0.39, 0.29) is 6.10 Å². The quantitative estimate of drug-likeness (QED) is 0.881. The third-order valence-electron chi connectivity index (χ3n) is 3.64. The summed E-state index contributed by atoms with van der Waals surface area (Å²) in [4.78, 5) is 0. The molecule has 0 saturated heterocycles. The summed E-state index contributed by atoms with van der Waals surface area (Å²) in [5.74, 6) is 0. The average molecular weight is 254 g/mol. The van der Waals surface area contributed by atoms with E-state index in [9.17, 15) is 5.11 Å². The van der Waals surface area contributed by atoms with Gasteiger partial charge in [0.1, 0.15) is 0 Å². The molecular weight excluding hydrogens is 232 g/mol. The van der Waals surface area contributed by atoms with Gasteiger partial charge in [0, 0.05) is 0 Å². The van der Waals surface area contributed by atoms with Gasteiger partial charge in [0.15, 0.2) is 0 Å². The van der Waals surface area contributed by atoms with Crippen LogP contribution in [0, 0.1) is 20.8 Å². The van der Waals surface area contributed by atoms with Crippen molar-refractivity contribution in [3.8, 4) is 0 Å². The zero-order valence-corrected chi connectivity index (χ0v) is 12.0. The van der Waals surface area contributed by atoms with Crippen LogP contribution in [0.15, 0.2) is 42.5 Å². The molecule has 0 spiro atoms. The molecule has 0 aliphatic heterocycles. The van der Waals surface area contributed by atoms with E-state index in [0.29, 0.717) is 0 Å². The predicted molar refractivity (Wildman–Crippen MR) is 80.5 cm³/mol. The second-order valence-electron chi connectivity index (χ2n) is 5.42. The molecule has 1 unspecified atom stereocenters. The van der Waals surface area contributed by atoms with Crippen LogP contribution in [-0.4, -0.2) is 11.2 Å². The molecule has 1 nitrogen and oxygen atoms in total. The summed E-state index contributed by atoms with van der Waals surface area (Å²) < 4.78 is 0. The zero-order valence-electron chi connectivity index (χ0n) is 12.0. The maximum Gasteiger partial charge on any atom is 0.0621 e. The molecule has 1 heteroatoms. The summed E-state index contributed by atoms with van der Waals surface area (Å²) in [6.07, 6.45) is 1.13. The molecule has 0 bridgehead atoms. The predicted octanol–water partition coefficient (Wildman–Crippen LogP) is 3.76. The minimum Gasteiger partial charge on any atom is -0.392 e. The largest absolute Gasteiger partial charge is 0.392 e. The third-order valence-corrected chi connectivity index (χ3v) is 3.64. The number of aryl methyl sites for hydroxylation is 3. The molecule has 0 heterocycles. The van der Waals surface area contributed by atoms with Gasteiger partial charge in [0.25, 0.3) is 0 Å². The molecule has 1 N–H and O–H groups in total. The first-order valence-electron chi connectivity index (χ1n) is 6.85. The second-order valence-corrected chi connectivity index (χ2v) is 5.42. The van der Waals surface area contributed by atoms with E-state index < -0.39 is 0 Å². The molecule has 0 aliphatic carbocycles. The molecule has 100 valence electrons. The average Bonchev–Trinajstić information content (AvgIpc) is 2.34. The van der Waals surface area contributed by atoms with Crippen molar-refractivity contribution in [1.29, 1.82) is 0 Å². The van der Waals surface area contributed by atoms with Crippen molar-refractivity contribution in [2.45, 2.75) is 39.7 Å². The number of aliphatic hydroxyl groups is 1. The first kappa shape index (κ1) is 13.8. The molecule has 0 amide bonds. The summed E-state index contributed by atoms with van der Waals surface area (Å²) in [5, 5.41) is 10.3. The van der Waals surface area contributed by atoms with Gasteiger partial charge in [-0.1, -0.05) is 48.0 Å². The van der Waals surface area contributed by atoms with Crippen molar-refractivity contribution in [3.63, 3.8) is 0 Å². The van der Waals surface area contributed by atoms with Gasteiger partial charge in [-0.2, -0.15) is 0 Å². The van der Waals surface area contributed by atoms with E-state index in [1.54, 1.807) is 0 Å². The topological polar surface area (TPSA) is 20.2 Å². The van der Waals surface area contributed by atoms with E-state index in [4.69, 9.17) is 0 Å². The van der Waals surface area contributed by atoms with Crippen LogP contribution in [0.4, 0.5) is 0 Å². The second kappa shape index (κ2) is 6.03. The summed E-state index contributed by atoms with van der Waals surface area (Å²) >= 11 is 0. The number of benzene rings is 2. The van der Waals surface area contributed by atoms with Crippen LogP contribution < -0.4 is 0 Å². The van der Waals surface area contributed by atoms with Gasteiger partial charge in [-0.3, -0.25) is 0 Å². The summed E-state index contributed by atoms with van der Waals surface area (Å²) in [5.41, 5.74) is 6.27. The fourth-order valence-electron chi connectivity index (χ4n) is 2.59. The smallest absolute Gasteiger partial charge is 0.0621 e. The molecule has 1 atom stereocenters. The van der Waals surface area contributed by atoms with Gasteiger partial charge < -0.3 is 5.11 Å². The molecule has 0 radical (unpaired) electrons. The highest BCUT2D eigenvalue weighted by Gasteiger charge is 2.10. The van der Waals surface area contributed by atoms with Crippen molar-refractivity contribution in [1.82, 2.24) is 0 Å². The van der Waals surface area contributed by atoms with Crippen LogP contribution in [0.5, 0.6) is 0 Å². The molecule has 2 aromatic carbocycles. The normalized spacial score (nSPS) is 12.4. The van der Waals surface area contributed by atoms with Crippen molar-refractivity contribution < 1.29 is 5.11 Å². The SMILES string of the molecule is Cc1cccc(CC(O)Cc2c(C)cccc2C)c1. The van der Waals surface area contributed by atoms with Gasteiger partial charge in [0.05, 0.1) is 6.10 Å². The van der Waals surface area contributed by atoms with E-state index in [2.05, 4.69) is 63.2 Å². The fourth-order valence-corrected chi connectivity index (χ4v) is 2.59. The Kier molecular flexibility index (Phi) is 4.39. The monoisotopic (exact) mass is 254 g/mol. The highest BCUT2D eigenvalue weighted by molar-refractivity contribution is 5.34. The van der Waals surface area contributed by atoms with E-state index in [1.807, 2.05) is 0 Å². The molecule has 0 aromatic heterocycles. The van der Waals surface area contributed by atoms with Gasteiger partial charge >= 0.3 is 0 Å². The van der Waals surface area contributed by atoms with Crippen LogP contribution in [0.25, 0.3) is 0 Å². The highest BCUT2D eigenvalue weighted by atomic mass is 16.3. The Hall–Kier alpha value is -1.60. The van der Waals surface area contributed by atoms with E-state index >= 15 is 0 Å². The Labute approximate surface area is 115 Å². The lowest BCUT2D eigenvalue weighted by Crippen LogP contribution is -2.15. The molecule has 0 aliphatic rings. The summed E-state index contributed by atoms with van der Waals surface area (Å²) in [6.45, 7) is 6.31. The van der Waals surface area contributed by atoms with Gasteiger partial charge in [-0.05, 0) is 55.9 Å². The van der Waals surface area contributed by atoms with Crippen LogP contribution in [0.1, 0.15) is 27.8 Å². The maximum absolute atomic E-state index is 10.3. The fraction of sp³-hybridized carbons (Fsp3) is 0.333. The summed E-state index contributed by atoms with van der Waals surface area (Å²) in [7, 11) is 0. The molecule has 2 rings (SSSR count). The molecule has 0 saturated carbocycles. The lowest BCUT2D eigenvalue weighted by molar-refractivity contribution is 0.175. The number of rotatable bonds is 4. The highest BCUT2D eigenvalue weighted by Crippen LogP contribution is 2.17. The summed E-state index contributed by atoms with van der Waals surface area (Å²) in [6, 6.07) is 14.7. The van der Waals surface area contributed by atoms with Gasteiger partial charge in [-0.25, -0.2) is 0 Å². The Balaban J connectivity index is 2.07. The number of hydrogen-bond acceptors (Lipinski definition) is 1. The van der Waals surface area contributed by atoms with Crippen LogP contribution >= 0.6 is 0 Å². The third kappa shape index (κ3) is 3.68. The van der Waals surface area contributed by atoms with Gasteiger partial charge in [0.2, 0.25) is 0 Å². The van der Waals surface area contributed by atoms with E-state index in [0.717, 1.165) is 12.8 Å². The standard InChI is InChI=1S/C18H22O/c1-13-6-4-9-16(10-13)11-17(19)12-18-14(2)7-5-8-15(18)3/h4-10,17,19H,11-12H2,1-3H3. The van der Waals surface area contributed by atoms with Crippen molar-refractivity contribution in [2.75, 3.05) is 0 Å².